The van der Waals surface area contributed by atoms with E-state index < -0.39 is 0 Å². The fourth-order valence-corrected chi connectivity index (χ4v) is 4.71. The van der Waals surface area contributed by atoms with Crippen LogP contribution in [0.1, 0.15) is 29.7 Å². The van der Waals surface area contributed by atoms with Crippen LogP contribution in [0.5, 0.6) is 0 Å². The van der Waals surface area contributed by atoms with Crippen LogP contribution in [-0.4, -0.2) is 37.0 Å². The molecule has 0 aliphatic carbocycles. The summed E-state index contributed by atoms with van der Waals surface area (Å²) in [7, 11) is 0. The first-order chi connectivity index (χ1) is 12.3. The number of piperidine rings is 1. The van der Waals surface area contributed by atoms with Crippen molar-refractivity contribution in [3.8, 4) is 0 Å². The SMILES string of the molecule is O=C(CN1CCc2sccc2C1)Nc1ccccc1N1CCCCC1. The Morgan fingerprint density at radius 1 is 1.08 bits per heavy atom. The van der Waals surface area contributed by atoms with Crippen LogP contribution in [0.2, 0.25) is 0 Å². The van der Waals surface area contributed by atoms with Gasteiger partial charge in [0.15, 0.2) is 0 Å². The lowest BCUT2D eigenvalue weighted by Gasteiger charge is -2.31. The first-order valence-corrected chi connectivity index (χ1v) is 10.1. The summed E-state index contributed by atoms with van der Waals surface area (Å²) in [5.74, 6) is 0.0862. The Bertz CT molecular complexity index is 736. The number of thiophene rings is 1. The smallest absolute Gasteiger partial charge is 0.238 e. The average Bonchev–Trinajstić information content (AvgIpc) is 3.10. The van der Waals surface area contributed by atoms with E-state index in [1.165, 1.54) is 29.7 Å². The molecule has 1 amide bonds. The summed E-state index contributed by atoms with van der Waals surface area (Å²) in [6, 6.07) is 10.4. The molecule has 3 heterocycles. The van der Waals surface area contributed by atoms with Gasteiger partial charge >= 0.3 is 0 Å². The first-order valence-electron chi connectivity index (χ1n) is 9.21. The average molecular weight is 356 g/mol. The zero-order valence-corrected chi connectivity index (χ0v) is 15.4. The maximum absolute atomic E-state index is 12.6. The maximum atomic E-state index is 12.6. The molecule has 0 radical (unpaired) electrons. The van der Waals surface area contributed by atoms with Crippen LogP contribution in [0, 0.1) is 0 Å². The number of carbonyl (C=O) groups is 1. The number of anilines is 2. The topological polar surface area (TPSA) is 35.6 Å². The van der Waals surface area contributed by atoms with E-state index in [4.69, 9.17) is 0 Å². The van der Waals surface area contributed by atoms with E-state index in [-0.39, 0.29) is 5.91 Å². The highest BCUT2D eigenvalue weighted by molar-refractivity contribution is 7.10. The number of nitrogens with one attached hydrogen (secondary N) is 1. The Morgan fingerprint density at radius 2 is 1.92 bits per heavy atom. The number of rotatable bonds is 4. The minimum absolute atomic E-state index is 0.0862. The summed E-state index contributed by atoms with van der Waals surface area (Å²) >= 11 is 1.83. The Labute approximate surface area is 153 Å². The summed E-state index contributed by atoms with van der Waals surface area (Å²) in [5, 5.41) is 5.31. The van der Waals surface area contributed by atoms with Crippen LogP contribution in [0.3, 0.4) is 0 Å². The van der Waals surface area contributed by atoms with E-state index in [9.17, 15) is 4.79 Å². The third-order valence-electron chi connectivity index (χ3n) is 5.13. The molecule has 5 heteroatoms. The zero-order chi connectivity index (χ0) is 17.1. The van der Waals surface area contributed by atoms with Gasteiger partial charge in [-0.3, -0.25) is 9.69 Å². The highest BCUT2D eigenvalue weighted by atomic mass is 32.1. The molecular formula is C20H25N3OS. The van der Waals surface area contributed by atoms with Crippen LogP contribution < -0.4 is 10.2 Å². The number of fused-ring (bicyclic) bond motifs is 1. The Balaban J connectivity index is 1.40. The third-order valence-corrected chi connectivity index (χ3v) is 6.15. The Hall–Kier alpha value is -1.85. The fraction of sp³-hybridized carbons (Fsp3) is 0.450. The van der Waals surface area contributed by atoms with Gasteiger partial charge in [-0.05, 0) is 54.8 Å². The molecule has 132 valence electrons. The van der Waals surface area contributed by atoms with Gasteiger partial charge in [-0.25, -0.2) is 0 Å². The molecule has 0 spiro atoms. The minimum atomic E-state index is 0.0862. The predicted octanol–water partition coefficient (Wildman–Crippen LogP) is 3.74. The molecule has 2 aliphatic rings. The molecule has 2 aromatic rings. The molecule has 1 aromatic heterocycles. The number of amides is 1. The van der Waals surface area contributed by atoms with Gasteiger partial charge in [0.2, 0.25) is 5.91 Å². The van der Waals surface area contributed by atoms with Gasteiger partial charge in [0.05, 0.1) is 17.9 Å². The number of benzene rings is 1. The number of para-hydroxylation sites is 2. The van der Waals surface area contributed by atoms with Gasteiger partial charge < -0.3 is 10.2 Å². The second-order valence-electron chi connectivity index (χ2n) is 6.94. The van der Waals surface area contributed by atoms with Crippen molar-refractivity contribution < 1.29 is 4.79 Å². The molecule has 4 nitrogen and oxygen atoms in total. The van der Waals surface area contributed by atoms with Crippen molar-refractivity contribution in [3.63, 3.8) is 0 Å². The summed E-state index contributed by atoms with van der Waals surface area (Å²) in [6.07, 6.45) is 4.84. The molecule has 0 unspecified atom stereocenters. The zero-order valence-electron chi connectivity index (χ0n) is 14.5. The predicted molar refractivity (Wildman–Crippen MR) is 104 cm³/mol. The third kappa shape index (κ3) is 3.88. The van der Waals surface area contributed by atoms with E-state index in [1.807, 2.05) is 23.5 Å². The van der Waals surface area contributed by atoms with Crippen LogP contribution in [-0.2, 0) is 17.8 Å². The molecule has 0 saturated carbocycles. The van der Waals surface area contributed by atoms with Crippen molar-refractivity contribution in [1.29, 1.82) is 0 Å². The molecule has 1 N–H and O–H groups in total. The van der Waals surface area contributed by atoms with Crippen molar-refractivity contribution in [1.82, 2.24) is 4.90 Å². The molecule has 2 aliphatic heterocycles. The first kappa shape index (κ1) is 16.6. The normalized spacial score (nSPS) is 18.0. The molecule has 1 fully saturated rings. The monoisotopic (exact) mass is 355 g/mol. The highest BCUT2D eigenvalue weighted by Gasteiger charge is 2.20. The van der Waals surface area contributed by atoms with Crippen molar-refractivity contribution in [2.24, 2.45) is 0 Å². The summed E-state index contributed by atoms with van der Waals surface area (Å²) in [4.78, 5) is 18.7. The largest absolute Gasteiger partial charge is 0.370 e. The lowest BCUT2D eigenvalue weighted by Crippen LogP contribution is -2.37. The van der Waals surface area contributed by atoms with Crippen molar-refractivity contribution in [2.45, 2.75) is 32.2 Å². The van der Waals surface area contributed by atoms with Crippen LogP contribution in [0.25, 0.3) is 0 Å². The Morgan fingerprint density at radius 3 is 2.80 bits per heavy atom. The van der Waals surface area contributed by atoms with E-state index in [1.54, 1.807) is 0 Å². The van der Waals surface area contributed by atoms with Crippen molar-refractivity contribution in [3.05, 3.63) is 46.2 Å². The number of hydrogen-bond acceptors (Lipinski definition) is 4. The molecule has 1 saturated heterocycles. The molecule has 4 rings (SSSR count). The molecule has 0 atom stereocenters. The Kier molecular flexibility index (Phi) is 5.04. The van der Waals surface area contributed by atoms with Gasteiger partial charge in [0.25, 0.3) is 0 Å². The fourth-order valence-electron chi connectivity index (χ4n) is 3.82. The molecule has 0 bridgehead atoms. The van der Waals surface area contributed by atoms with E-state index in [0.29, 0.717) is 6.54 Å². The lowest BCUT2D eigenvalue weighted by atomic mass is 10.1. The molecular weight excluding hydrogens is 330 g/mol. The van der Waals surface area contributed by atoms with Gasteiger partial charge in [-0.1, -0.05) is 12.1 Å². The number of carbonyl (C=O) groups excluding carboxylic acids is 1. The van der Waals surface area contributed by atoms with Gasteiger partial charge in [0.1, 0.15) is 0 Å². The molecule has 1 aromatic carbocycles. The summed E-state index contributed by atoms with van der Waals surface area (Å²) < 4.78 is 0. The van der Waals surface area contributed by atoms with E-state index in [2.05, 4.69) is 38.7 Å². The number of hydrogen-bond donors (Lipinski definition) is 1. The van der Waals surface area contributed by atoms with Crippen molar-refractivity contribution >= 4 is 28.6 Å². The lowest BCUT2D eigenvalue weighted by molar-refractivity contribution is -0.117. The summed E-state index contributed by atoms with van der Waals surface area (Å²) in [6.45, 7) is 4.48. The summed E-state index contributed by atoms with van der Waals surface area (Å²) in [5.41, 5.74) is 3.50. The van der Waals surface area contributed by atoms with Gasteiger partial charge in [0, 0.05) is 31.1 Å². The molecule has 25 heavy (non-hydrogen) atoms. The standard InChI is InChI=1S/C20H25N3OS/c24-20(15-22-12-8-19-16(14-22)9-13-25-19)21-17-6-2-3-7-18(17)23-10-4-1-5-11-23/h2-3,6-7,9,13H,1,4-5,8,10-12,14-15H2,(H,21,24). The van der Waals surface area contributed by atoms with Crippen LogP contribution >= 0.6 is 11.3 Å². The van der Waals surface area contributed by atoms with E-state index >= 15 is 0 Å². The minimum Gasteiger partial charge on any atom is -0.370 e. The van der Waals surface area contributed by atoms with Crippen molar-refractivity contribution in [2.75, 3.05) is 36.4 Å². The highest BCUT2D eigenvalue weighted by Crippen LogP contribution is 2.28. The van der Waals surface area contributed by atoms with E-state index in [0.717, 1.165) is 44.0 Å². The van der Waals surface area contributed by atoms with Gasteiger partial charge in [-0.2, -0.15) is 0 Å². The second-order valence-corrected chi connectivity index (χ2v) is 7.94. The van der Waals surface area contributed by atoms with Crippen LogP contribution in [0.4, 0.5) is 11.4 Å². The maximum Gasteiger partial charge on any atom is 0.238 e. The number of nitrogens with zero attached hydrogens (tertiary/aromatic N) is 2. The van der Waals surface area contributed by atoms with Crippen LogP contribution in [0.15, 0.2) is 35.7 Å². The quantitative estimate of drug-likeness (QED) is 0.908. The second kappa shape index (κ2) is 7.58. The van der Waals surface area contributed by atoms with Gasteiger partial charge in [-0.15, -0.1) is 11.3 Å².